The first-order valence-electron chi connectivity index (χ1n) is 4.88. The van der Waals surface area contributed by atoms with Crippen molar-refractivity contribution in [3.8, 4) is 0 Å². The monoisotopic (exact) mass is 186 g/mol. The summed E-state index contributed by atoms with van der Waals surface area (Å²) in [6.45, 7) is 0.620. The maximum Gasteiger partial charge on any atom is -0.00280 e. The Hall–Kier alpha value is -0.160. The molecule has 0 aromatic heterocycles. The number of nitrogens with zero attached hydrogens (tertiary/aromatic N) is 2. The van der Waals surface area contributed by atoms with Gasteiger partial charge in [-0.05, 0) is 58.3 Å². The van der Waals surface area contributed by atoms with Crippen LogP contribution in [0, 0.1) is 16.3 Å². The highest BCUT2D eigenvalue weighted by atomic mass is 16.5. The Morgan fingerprint density at radius 2 is 1.62 bits per heavy atom. The van der Waals surface area contributed by atoms with Crippen LogP contribution in [0.3, 0.4) is 0 Å². The average molecular weight is 186 g/mol. The minimum Gasteiger partial charge on any atom is -0.785 e. The second-order valence-electron chi connectivity index (χ2n) is 4.03. The van der Waals surface area contributed by atoms with Crippen LogP contribution in [0.4, 0.5) is 0 Å². The van der Waals surface area contributed by atoms with Crippen molar-refractivity contribution in [3.05, 3.63) is 10.4 Å². The predicted molar refractivity (Wildman–Crippen MR) is 52.9 cm³/mol. The van der Waals surface area contributed by atoms with Crippen molar-refractivity contribution in [1.29, 1.82) is 0 Å². The number of hydrogen-bond acceptors (Lipinski definition) is 4. The third-order valence-electron chi connectivity index (χ3n) is 2.85. The molecule has 0 spiro atoms. The van der Waals surface area contributed by atoms with Crippen LogP contribution in [0.15, 0.2) is 0 Å². The van der Waals surface area contributed by atoms with Crippen LogP contribution in [-0.2, 0) is 0 Å². The Kier molecular flexibility index (Phi) is 4.12. The zero-order valence-electron chi connectivity index (χ0n) is 8.40. The molecule has 0 aromatic rings. The van der Waals surface area contributed by atoms with Gasteiger partial charge in [0.1, 0.15) is 0 Å². The summed E-state index contributed by atoms with van der Waals surface area (Å²) >= 11 is 0. The van der Waals surface area contributed by atoms with Crippen LogP contribution in [0.1, 0.15) is 25.7 Å². The molecule has 0 radical (unpaired) electrons. The van der Waals surface area contributed by atoms with Crippen LogP contribution in [-0.4, -0.2) is 36.8 Å². The molecule has 1 aliphatic carbocycles. The third kappa shape index (κ3) is 3.60. The van der Waals surface area contributed by atoms with Gasteiger partial charge in [-0.3, -0.25) is 0 Å². The number of hydroxylamine groups is 4. The molecule has 0 unspecified atom stereocenters. The van der Waals surface area contributed by atoms with Crippen LogP contribution in [0.2, 0.25) is 0 Å². The summed E-state index contributed by atoms with van der Waals surface area (Å²) in [7, 11) is 3.15. The van der Waals surface area contributed by atoms with Crippen molar-refractivity contribution < 1.29 is 0 Å². The molecule has 0 atom stereocenters. The van der Waals surface area contributed by atoms with Gasteiger partial charge in [-0.15, -0.1) is 0 Å². The minimum atomic E-state index is 0.188. The van der Waals surface area contributed by atoms with E-state index in [4.69, 9.17) is 0 Å². The Morgan fingerprint density at radius 3 is 2.00 bits per heavy atom. The fourth-order valence-electron chi connectivity index (χ4n) is 2.05. The van der Waals surface area contributed by atoms with Crippen molar-refractivity contribution in [3.63, 3.8) is 0 Å². The predicted octanol–water partition coefficient (Wildman–Crippen LogP) is 1.40. The minimum absolute atomic E-state index is 0.188. The largest absolute Gasteiger partial charge is 0.785 e. The lowest BCUT2D eigenvalue weighted by atomic mass is 9.86. The zero-order valence-corrected chi connectivity index (χ0v) is 8.40. The van der Waals surface area contributed by atoms with Gasteiger partial charge < -0.3 is 20.5 Å². The molecule has 4 heteroatoms. The van der Waals surface area contributed by atoms with Crippen LogP contribution < -0.4 is 0 Å². The van der Waals surface area contributed by atoms with Crippen molar-refractivity contribution >= 4 is 0 Å². The molecule has 13 heavy (non-hydrogen) atoms. The number of rotatable bonds is 3. The van der Waals surface area contributed by atoms with Gasteiger partial charge in [0, 0.05) is 0 Å². The highest BCUT2D eigenvalue weighted by molar-refractivity contribution is 4.79. The van der Waals surface area contributed by atoms with Gasteiger partial charge in [-0.25, -0.2) is 0 Å². The molecule has 0 saturated heterocycles. The summed E-state index contributed by atoms with van der Waals surface area (Å²) in [6, 6.07) is 0.188. The summed E-state index contributed by atoms with van der Waals surface area (Å²) in [5, 5.41) is 23.8. The van der Waals surface area contributed by atoms with Crippen molar-refractivity contribution in [2.24, 2.45) is 5.92 Å². The molecule has 0 N–H and O–H groups in total. The SMILES string of the molecule is CN([O-])CC1CCC(N(C)[O-])CC1. The fourth-order valence-corrected chi connectivity index (χ4v) is 2.05. The van der Waals surface area contributed by atoms with Gasteiger partial charge in [0.05, 0.1) is 0 Å². The second kappa shape index (κ2) is 4.91. The van der Waals surface area contributed by atoms with E-state index in [9.17, 15) is 10.4 Å². The first-order chi connectivity index (χ1) is 6.09. The van der Waals surface area contributed by atoms with Gasteiger partial charge in [-0.2, -0.15) is 0 Å². The van der Waals surface area contributed by atoms with E-state index >= 15 is 0 Å². The molecule has 1 saturated carbocycles. The van der Waals surface area contributed by atoms with Gasteiger partial charge in [0.2, 0.25) is 0 Å². The molecular weight excluding hydrogens is 168 g/mol. The second-order valence-corrected chi connectivity index (χ2v) is 4.03. The molecule has 0 heterocycles. The Labute approximate surface area is 79.7 Å². The molecule has 0 amide bonds. The topological polar surface area (TPSA) is 52.6 Å². The van der Waals surface area contributed by atoms with Crippen LogP contribution >= 0.6 is 0 Å². The third-order valence-corrected chi connectivity index (χ3v) is 2.85. The summed E-state index contributed by atoms with van der Waals surface area (Å²) in [6.07, 6.45) is 3.92. The maximum absolute atomic E-state index is 11.0. The lowest BCUT2D eigenvalue weighted by Gasteiger charge is -2.40. The molecule has 1 aliphatic rings. The lowest BCUT2D eigenvalue weighted by Crippen LogP contribution is -2.33. The Bertz CT molecular complexity index is 143. The van der Waals surface area contributed by atoms with E-state index in [1.54, 1.807) is 14.1 Å². The lowest BCUT2D eigenvalue weighted by molar-refractivity contribution is 0.192. The van der Waals surface area contributed by atoms with E-state index in [1.807, 2.05) is 0 Å². The normalized spacial score (nSPS) is 30.0. The molecule has 0 aliphatic heterocycles. The standard InChI is InChI=1S/C9H18N2O2/c1-10(12)7-8-3-5-9(6-4-8)11(2)13/h8-9H,3-7H2,1-2H3/q-2. The van der Waals surface area contributed by atoms with E-state index in [0.29, 0.717) is 12.5 Å². The van der Waals surface area contributed by atoms with Crippen LogP contribution in [0.25, 0.3) is 0 Å². The average Bonchev–Trinajstić information content (AvgIpc) is 2.04. The van der Waals surface area contributed by atoms with Crippen molar-refractivity contribution in [2.45, 2.75) is 31.7 Å². The van der Waals surface area contributed by atoms with Crippen molar-refractivity contribution in [1.82, 2.24) is 10.1 Å². The van der Waals surface area contributed by atoms with E-state index in [2.05, 4.69) is 0 Å². The zero-order chi connectivity index (χ0) is 9.84. The highest BCUT2D eigenvalue weighted by Crippen LogP contribution is 2.26. The first-order valence-corrected chi connectivity index (χ1v) is 4.88. The molecule has 1 fully saturated rings. The van der Waals surface area contributed by atoms with Gasteiger partial charge in [0.25, 0.3) is 0 Å². The first kappa shape index (κ1) is 10.9. The maximum atomic E-state index is 11.0. The van der Waals surface area contributed by atoms with Gasteiger partial charge >= 0.3 is 0 Å². The Morgan fingerprint density at radius 1 is 1.08 bits per heavy atom. The van der Waals surface area contributed by atoms with Gasteiger partial charge in [0.15, 0.2) is 0 Å². The van der Waals surface area contributed by atoms with E-state index in [1.165, 1.54) is 0 Å². The molecule has 4 nitrogen and oxygen atoms in total. The molecule has 1 rings (SSSR count). The van der Waals surface area contributed by atoms with E-state index in [-0.39, 0.29) is 6.04 Å². The highest BCUT2D eigenvalue weighted by Gasteiger charge is 2.20. The summed E-state index contributed by atoms with van der Waals surface area (Å²) in [4.78, 5) is 0. The Balaban J connectivity index is 2.22. The molecule has 0 aromatic carbocycles. The van der Waals surface area contributed by atoms with Crippen molar-refractivity contribution in [2.75, 3.05) is 20.6 Å². The summed E-state index contributed by atoms with van der Waals surface area (Å²) in [5.74, 6) is 0.499. The smallest absolute Gasteiger partial charge is 0.00280 e. The molecule has 0 bridgehead atoms. The summed E-state index contributed by atoms with van der Waals surface area (Å²) < 4.78 is 0. The van der Waals surface area contributed by atoms with Crippen LogP contribution in [0.5, 0.6) is 0 Å². The quantitative estimate of drug-likeness (QED) is 0.625. The molecular formula is C9H18N2O2-2. The van der Waals surface area contributed by atoms with Gasteiger partial charge in [-0.1, -0.05) is 0 Å². The fraction of sp³-hybridized carbons (Fsp3) is 1.00. The van der Waals surface area contributed by atoms with E-state index in [0.717, 1.165) is 35.8 Å². The van der Waals surface area contributed by atoms with E-state index < -0.39 is 0 Å². The molecule has 78 valence electrons. The number of hydrogen-bond donors (Lipinski definition) is 0. The summed E-state index contributed by atoms with van der Waals surface area (Å²) in [5.41, 5.74) is 0.